The molecule has 1 amide bonds. The molecular weight excluding hydrogens is 385 g/mol. The number of benzene rings is 1. The van der Waals surface area contributed by atoms with E-state index in [-0.39, 0.29) is 15.6 Å². The van der Waals surface area contributed by atoms with Crippen molar-refractivity contribution in [2.45, 2.75) is 19.3 Å². The Morgan fingerprint density at radius 1 is 1.16 bits per heavy atom. The number of ether oxygens (including phenoxy) is 2. The average molecular weight is 400 g/mol. The number of fused-ring (bicyclic) bond motifs is 1. The summed E-state index contributed by atoms with van der Waals surface area (Å²) in [4.78, 5) is 25.8. The quantitative estimate of drug-likeness (QED) is 0.763. The molecule has 1 aliphatic carbocycles. The van der Waals surface area contributed by atoms with E-state index in [9.17, 15) is 9.59 Å². The Morgan fingerprint density at radius 2 is 1.84 bits per heavy atom. The first-order chi connectivity index (χ1) is 12.0. The largest absolute Gasteiger partial charge is 0.494 e. The van der Waals surface area contributed by atoms with Gasteiger partial charge < -0.3 is 14.8 Å². The van der Waals surface area contributed by atoms with Crippen LogP contribution in [0.25, 0.3) is 0 Å². The number of anilines is 1. The fourth-order valence-electron chi connectivity index (χ4n) is 2.87. The molecule has 2 aromatic rings. The molecule has 1 aromatic heterocycles. The lowest BCUT2D eigenvalue weighted by molar-refractivity contribution is 0.0601. The third kappa shape index (κ3) is 3.34. The Balaban J connectivity index is 1.93. The summed E-state index contributed by atoms with van der Waals surface area (Å²) in [5, 5.41) is 3.75. The van der Waals surface area contributed by atoms with Crippen LogP contribution >= 0.6 is 34.5 Å². The topological polar surface area (TPSA) is 64.6 Å². The number of halogens is 2. The minimum atomic E-state index is -0.444. The molecule has 0 saturated heterocycles. The van der Waals surface area contributed by atoms with Crippen molar-refractivity contribution in [1.82, 2.24) is 0 Å². The molecule has 0 saturated carbocycles. The minimum absolute atomic E-state index is 0.238. The zero-order valence-corrected chi connectivity index (χ0v) is 15.9. The van der Waals surface area contributed by atoms with Gasteiger partial charge in [0.2, 0.25) is 0 Å². The standard InChI is InChI=1S/C17H15Cl2NO4S/c1-23-14-10(18)6-8(7-11(14)19)15(21)20-16-13(17(22)24-2)9-4-3-5-12(9)25-16/h6-7H,3-5H2,1-2H3,(H,20,21). The molecule has 5 nitrogen and oxygen atoms in total. The molecule has 0 radical (unpaired) electrons. The second kappa shape index (κ2) is 7.23. The van der Waals surface area contributed by atoms with Crippen LogP contribution in [0, 0.1) is 0 Å². The highest BCUT2D eigenvalue weighted by atomic mass is 35.5. The normalized spacial score (nSPS) is 12.6. The SMILES string of the molecule is COC(=O)c1c(NC(=O)c2cc(Cl)c(OC)c(Cl)c2)sc2c1CCC2. The summed E-state index contributed by atoms with van der Waals surface area (Å²) in [6.45, 7) is 0. The maximum absolute atomic E-state index is 12.6. The predicted molar refractivity (Wildman–Crippen MR) is 98.7 cm³/mol. The van der Waals surface area contributed by atoms with Gasteiger partial charge in [-0.1, -0.05) is 23.2 Å². The number of esters is 1. The van der Waals surface area contributed by atoms with E-state index in [0.29, 0.717) is 16.3 Å². The molecule has 0 unspecified atom stereocenters. The smallest absolute Gasteiger partial charge is 0.341 e. The minimum Gasteiger partial charge on any atom is -0.494 e. The third-order valence-corrected chi connectivity index (χ3v) is 5.77. The molecule has 0 atom stereocenters. The van der Waals surface area contributed by atoms with E-state index in [1.54, 1.807) is 0 Å². The molecule has 0 fully saturated rings. The molecular formula is C17H15Cl2NO4S. The van der Waals surface area contributed by atoms with E-state index < -0.39 is 11.9 Å². The molecule has 8 heteroatoms. The number of nitrogens with one attached hydrogen (secondary N) is 1. The molecule has 1 aliphatic rings. The lowest BCUT2D eigenvalue weighted by Crippen LogP contribution is -2.14. The number of hydrogen-bond acceptors (Lipinski definition) is 5. The van der Waals surface area contributed by atoms with E-state index in [1.807, 2.05) is 0 Å². The van der Waals surface area contributed by atoms with Crippen molar-refractivity contribution in [1.29, 1.82) is 0 Å². The number of carbonyl (C=O) groups is 2. The van der Waals surface area contributed by atoms with Crippen LogP contribution in [0.15, 0.2) is 12.1 Å². The first kappa shape index (κ1) is 18.0. The van der Waals surface area contributed by atoms with Crippen LogP contribution in [-0.2, 0) is 17.6 Å². The number of thiophene rings is 1. The summed E-state index contributed by atoms with van der Waals surface area (Å²) in [7, 11) is 2.78. The average Bonchev–Trinajstić information content (AvgIpc) is 3.14. The summed E-state index contributed by atoms with van der Waals surface area (Å²) in [6.07, 6.45) is 2.72. The number of carbonyl (C=O) groups excluding carboxylic acids is 2. The Morgan fingerprint density at radius 3 is 2.44 bits per heavy atom. The van der Waals surface area contributed by atoms with Gasteiger partial charge in [0.1, 0.15) is 5.00 Å². The van der Waals surface area contributed by atoms with Crippen LogP contribution in [0.3, 0.4) is 0 Å². The van der Waals surface area contributed by atoms with Gasteiger partial charge in [-0.2, -0.15) is 0 Å². The zero-order valence-electron chi connectivity index (χ0n) is 13.6. The Bertz CT molecular complexity index is 840. The molecule has 0 aliphatic heterocycles. The van der Waals surface area contributed by atoms with Crippen molar-refractivity contribution >= 4 is 51.4 Å². The zero-order chi connectivity index (χ0) is 18.1. The molecule has 0 spiro atoms. The summed E-state index contributed by atoms with van der Waals surface area (Å²) >= 11 is 13.6. The van der Waals surface area contributed by atoms with Gasteiger partial charge in [-0.15, -0.1) is 11.3 Å². The van der Waals surface area contributed by atoms with E-state index in [2.05, 4.69) is 5.32 Å². The molecule has 132 valence electrons. The number of rotatable bonds is 4. The first-order valence-electron chi connectivity index (χ1n) is 7.53. The van der Waals surface area contributed by atoms with Gasteiger partial charge in [0.05, 0.1) is 29.8 Å². The van der Waals surface area contributed by atoms with E-state index >= 15 is 0 Å². The van der Waals surface area contributed by atoms with Gasteiger partial charge >= 0.3 is 5.97 Å². The van der Waals surface area contributed by atoms with Crippen molar-refractivity contribution in [2.24, 2.45) is 0 Å². The third-order valence-electron chi connectivity index (χ3n) is 4.00. The van der Waals surface area contributed by atoms with Crippen molar-refractivity contribution in [3.63, 3.8) is 0 Å². The van der Waals surface area contributed by atoms with Crippen LogP contribution in [0.4, 0.5) is 5.00 Å². The molecule has 1 aromatic carbocycles. The highest BCUT2D eigenvalue weighted by Gasteiger charge is 2.28. The van der Waals surface area contributed by atoms with Gasteiger partial charge in [-0.25, -0.2) is 4.79 Å². The van der Waals surface area contributed by atoms with Crippen molar-refractivity contribution in [2.75, 3.05) is 19.5 Å². The molecule has 25 heavy (non-hydrogen) atoms. The maximum atomic E-state index is 12.6. The first-order valence-corrected chi connectivity index (χ1v) is 9.10. The summed E-state index contributed by atoms with van der Waals surface area (Å²) in [5.41, 5.74) is 1.69. The molecule has 1 heterocycles. The van der Waals surface area contributed by atoms with Crippen LogP contribution in [-0.4, -0.2) is 26.1 Å². The van der Waals surface area contributed by atoms with Gasteiger partial charge in [0.15, 0.2) is 5.75 Å². The molecule has 0 bridgehead atoms. The van der Waals surface area contributed by atoms with E-state index in [4.69, 9.17) is 32.7 Å². The summed E-state index contributed by atoms with van der Waals surface area (Å²) in [6, 6.07) is 2.95. The predicted octanol–water partition coefficient (Wildman–Crippen LogP) is 4.59. The molecule has 3 rings (SSSR count). The van der Waals surface area contributed by atoms with Gasteiger partial charge in [0, 0.05) is 10.4 Å². The Hall–Kier alpha value is -1.76. The Labute approximate surface area is 158 Å². The van der Waals surface area contributed by atoms with Crippen molar-refractivity contribution < 1.29 is 19.1 Å². The highest BCUT2D eigenvalue weighted by Crippen LogP contribution is 2.40. The summed E-state index contributed by atoms with van der Waals surface area (Å²) in [5.74, 6) is -0.540. The fourth-order valence-corrected chi connectivity index (χ4v) is 4.79. The lowest BCUT2D eigenvalue weighted by Gasteiger charge is -2.10. The summed E-state index contributed by atoms with van der Waals surface area (Å²) < 4.78 is 9.95. The monoisotopic (exact) mass is 399 g/mol. The molecule has 1 N–H and O–H groups in total. The Kier molecular flexibility index (Phi) is 5.22. The van der Waals surface area contributed by atoms with Gasteiger partial charge in [-0.05, 0) is 37.0 Å². The van der Waals surface area contributed by atoms with E-state index in [1.165, 1.54) is 37.7 Å². The number of aryl methyl sites for hydroxylation is 1. The fraction of sp³-hybridized carbons (Fsp3) is 0.294. The number of methoxy groups -OCH3 is 2. The van der Waals surface area contributed by atoms with Crippen molar-refractivity contribution in [3.05, 3.63) is 43.7 Å². The van der Waals surface area contributed by atoms with E-state index in [0.717, 1.165) is 29.7 Å². The second-order valence-corrected chi connectivity index (χ2v) is 7.40. The van der Waals surface area contributed by atoms with Crippen LogP contribution in [0.1, 0.15) is 37.6 Å². The highest BCUT2D eigenvalue weighted by molar-refractivity contribution is 7.17. The van der Waals surface area contributed by atoms with Crippen LogP contribution in [0.2, 0.25) is 10.0 Å². The second-order valence-electron chi connectivity index (χ2n) is 5.48. The maximum Gasteiger partial charge on any atom is 0.341 e. The van der Waals surface area contributed by atoms with Crippen molar-refractivity contribution in [3.8, 4) is 5.75 Å². The number of hydrogen-bond donors (Lipinski definition) is 1. The number of amides is 1. The lowest BCUT2D eigenvalue weighted by atomic mass is 10.1. The van der Waals surface area contributed by atoms with Gasteiger partial charge in [0.25, 0.3) is 5.91 Å². The van der Waals surface area contributed by atoms with Gasteiger partial charge in [-0.3, -0.25) is 4.79 Å². The van der Waals surface area contributed by atoms with Crippen LogP contribution < -0.4 is 10.1 Å². The van der Waals surface area contributed by atoms with Crippen LogP contribution in [0.5, 0.6) is 5.75 Å².